The smallest absolute Gasteiger partial charge is 0.210 e. The minimum atomic E-state index is 0.585. The molecule has 0 amide bonds. The molecule has 0 aliphatic heterocycles. The summed E-state index contributed by atoms with van der Waals surface area (Å²) in [7, 11) is 1.62. The summed E-state index contributed by atoms with van der Waals surface area (Å²) in [5.74, 6) is 8.14. The van der Waals surface area contributed by atoms with Crippen LogP contribution in [-0.4, -0.2) is 40.9 Å². The van der Waals surface area contributed by atoms with Crippen molar-refractivity contribution in [3.63, 3.8) is 0 Å². The van der Waals surface area contributed by atoms with Gasteiger partial charge in [-0.25, -0.2) is 4.68 Å². The van der Waals surface area contributed by atoms with Crippen LogP contribution in [0.3, 0.4) is 0 Å². The fourth-order valence-corrected chi connectivity index (χ4v) is 2.43. The van der Waals surface area contributed by atoms with Crippen molar-refractivity contribution in [3.8, 4) is 17.1 Å². The van der Waals surface area contributed by atoms with Crippen molar-refractivity contribution in [1.29, 1.82) is 0 Å². The molecule has 0 saturated carbocycles. The lowest BCUT2D eigenvalue weighted by Gasteiger charge is -2.07. The number of benzene rings is 1. The van der Waals surface area contributed by atoms with Crippen molar-refractivity contribution in [2.45, 2.75) is 12.1 Å². The second-order valence-corrected chi connectivity index (χ2v) is 4.98. The molecule has 0 bridgehead atoms. The van der Waals surface area contributed by atoms with E-state index >= 15 is 0 Å². The molecule has 7 heteroatoms. The maximum absolute atomic E-state index is 6.05. The highest BCUT2D eigenvalue weighted by Crippen LogP contribution is 2.29. The molecule has 0 radical (unpaired) electrons. The average Bonchev–Trinajstić information content (AvgIpc) is 2.85. The van der Waals surface area contributed by atoms with E-state index in [-0.39, 0.29) is 0 Å². The number of aromatic nitrogens is 3. The van der Waals surface area contributed by atoms with Gasteiger partial charge in [0.2, 0.25) is 5.16 Å². The van der Waals surface area contributed by atoms with Crippen LogP contribution in [0.15, 0.2) is 29.4 Å². The zero-order valence-corrected chi connectivity index (χ0v) is 12.4. The largest absolute Gasteiger partial charge is 0.496 e. The summed E-state index contributed by atoms with van der Waals surface area (Å²) in [6, 6.07) is 7.58. The van der Waals surface area contributed by atoms with Crippen molar-refractivity contribution in [2.24, 2.45) is 0 Å². The summed E-state index contributed by atoms with van der Waals surface area (Å²) >= 11 is 1.51. The molecule has 6 nitrogen and oxygen atoms in total. The highest BCUT2D eigenvalue weighted by molar-refractivity contribution is 7.99. The summed E-state index contributed by atoms with van der Waals surface area (Å²) in [5, 5.41) is 8.90. The van der Waals surface area contributed by atoms with Gasteiger partial charge in [-0.15, -0.1) is 10.2 Å². The number of nitrogen functional groups attached to an aromatic ring is 1. The zero-order chi connectivity index (χ0) is 14.4. The lowest BCUT2D eigenvalue weighted by molar-refractivity contribution is 0.164. The van der Waals surface area contributed by atoms with Crippen LogP contribution in [0.4, 0.5) is 0 Å². The Bertz CT molecular complexity index is 559. The van der Waals surface area contributed by atoms with Crippen LogP contribution in [-0.2, 0) is 4.74 Å². The van der Waals surface area contributed by atoms with Crippen LogP contribution in [0.2, 0.25) is 0 Å². The summed E-state index contributed by atoms with van der Waals surface area (Å²) < 4.78 is 12.1. The number of rotatable bonds is 7. The number of hydrogen-bond donors (Lipinski definition) is 1. The van der Waals surface area contributed by atoms with E-state index in [2.05, 4.69) is 10.2 Å². The third-order valence-electron chi connectivity index (χ3n) is 2.68. The van der Waals surface area contributed by atoms with Crippen LogP contribution in [0.5, 0.6) is 5.75 Å². The third kappa shape index (κ3) is 3.23. The van der Waals surface area contributed by atoms with Gasteiger partial charge in [0, 0.05) is 12.4 Å². The first kappa shape index (κ1) is 14.7. The van der Waals surface area contributed by atoms with Gasteiger partial charge < -0.3 is 15.3 Å². The standard InChI is InChI=1S/C13H18N4O2S/c1-3-19-8-9-20-13-16-15-12(17(13)14)10-6-4-5-7-11(10)18-2/h4-7H,3,8-9,14H2,1-2H3. The zero-order valence-electron chi connectivity index (χ0n) is 11.6. The number of nitrogens with two attached hydrogens (primary N) is 1. The van der Waals surface area contributed by atoms with E-state index in [0.29, 0.717) is 24.2 Å². The van der Waals surface area contributed by atoms with E-state index in [9.17, 15) is 0 Å². The number of nitrogens with zero attached hydrogens (tertiary/aromatic N) is 3. The second-order valence-electron chi connectivity index (χ2n) is 3.92. The van der Waals surface area contributed by atoms with E-state index < -0.39 is 0 Å². The van der Waals surface area contributed by atoms with Gasteiger partial charge in [-0.3, -0.25) is 0 Å². The molecule has 0 atom stereocenters. The Balaban J connectivity index is 2.16. The molecule has 0 aliphatic carbocycles. The van der Waals surface area contributed by atoms with Gasteiger partial charge in [0.1, 0.15) is 5.75 Å². The molecule has 0 fully saturated rings. The van der Waals surface area contributed by atoms with Crippen LogP contribution in [0.25, 0.3) is 11.4 Å². The maximum atomic E-state index is 6.05. The quantitative estimate of drug-likeness (QED) is 0.477. The monoisotopic (exact) mass is 294 g/mol. The summed E-state index contributed by atoms with van der Waals surface area (Å²) in [6.07, 6.45) is 0. The number of thioether (sulfide) groups is 1. The van der Waals surface area contributed by atoms with Gasteiger partial charge in [0.25, 0.3) is 0 Å². The van der Waals surface area contributed by atoms with Crippen molar-refractivity contribution >= 4 is 11.8 Å². The highest BCUT2D eigenvalue weighted by Gasteiger charge is 2.15. The normalized spacial score (nSPS) is 10.7. The van der Waals surface area contributed by atoms with Gasteiger partial charge in [0.15, 0.2) is 5.82 Å². The van der Waals surface area contributed by atoms with Crippen molar-refractivity contribution in [1.82, 2.24) is 14.9 Å². The molecule has 20 heavy (non-hydrogen) atoms. The van der Waals surface area contributed by atoms with Gasteiger partial charge >= 0.3 is 0 Å². The Kier molecular flexibility index (Phi) is 5.25. The summed E-state index contributed by atoms with van der Waals surface area (Å²) in [5.41, 5.74) is 0.821. The molecular formula is C13H18N4O2S. The van der Waals surface area contributed by atoms with Crippen LogP contribution < -0.4 is 10.6 Å². The molecule has 0 spiro atoms. The van der Waals surface area contributed by atoms with Crippen molar-refractivity contribution < 1.29 is 9.47 Å². The number of ether oxygens (including phenoxy) is 2. The predicted molar refractivity (Wildman–Crippen MR) is 79.4 cm³/mol. The first-order valence-electron chi connectivity index (χ1n) is 6.32. The number of hydrogen-bond acceptors (Lipinski definition) is 6. The van der Waals surface area contributed by atoms with E-state index in [0.717, 1.165) is 17.1 Å². The third-order valence-corrected chi connectivity index (χ3v) is 3.58. The lowest BCUT2D eigenvalue weighted by Crippen LogP contribution is -2.12. The average molecular weight is 294 g/mol. The minimum Gasteiger partial charge on any atom is -0.496 e. The van der Waals surface area contributed by atoms with Gasteiger partial charge in [-0.1, -0.05) is 23.9 Å². The Labute approximate surface area is 122 Å². The molecule has 1 heterocycles. The first-order valence-corrected chi connectivity index (χ1v) is 7.31. The Morgan fingerprint density at radius 2 is 2.10 bits per heavy atom. The van der Waals surface area contributed by atoms with E-state index in [1.165, 1.54) is 16.4 Å². The van der Waals surface area contributed by atoms with Crippen molar-refractivity contribution in [3.05, 3.63) is 24.3 Å². The van der Waals surface area contributed by atoms with Gasteiger partial charge in [-0.2, -0.15) is 0 Å². The van der Waals surface area contributed by atoms with Crippen molar-refractivity contribution in [2.75, 3.05) is 31.9 Å². The molecule has 108 valence electrons. The predicted octanol–water partition coefficient (Wildman–Crippen LogP) is 1.80. The minimum absolute atomic E-state index is 0.585. The molecule has 2 aromatic rings. The van der Waals surface area contributed by atoms with E-state index in [1.54, 1.807) is 7.11 Å². The van der Waals surface area contributed by atoms with Gasteiger partial charge in [0.05, 0.1) is 19.3 Å². The summed E-state index contributed by atoms with van der Waals surface area (Å²) in [6.45, 7) is 3.34. The lowest BCUT2D eigenvalue weighted by atomic mass is 10.2. The molecule has 0 unspecified atom stereocenters. The van der Waals surface area contributed by atoms with Crippen LogP contribution in [0.1, 0.15) is 6.92 Å². The Hall–Kier alpha value is -1.73. The fourth-order valence-electron chi connectivity index (χ4n) is 1.72. The van der Waals surface area contributed by atoms with Crippen LogP contribution in [0, 0.1) is 0 Å². The molecule has 1 aromatic carbocycles. The number of para-hydroxylation sites is 1. The Morgan fingerprint density at radius 3 is 2.85 bits per heavy atom. The molecule has 1 aromatic heterocycles. The van der Waals surface area contributed by atoms with E-state index in [4.69, 9.17) is 15.3 Å². The molecular weight excluding hydrogens is 276 g/mol. The molecule has 0 aliphatic rings. The fraction of sp³-hybridized carbons (Fsp3) is 0.385. The second kappa shape index (κ2) is 7.16. The molecule has 2 rings (SSSR count). The first-order chi connectivity index (χ1) is 9.77. The molecule has 0 saturated heterocycles. The topological polar surface area (TPSA) is 75.2 Å². The van der Waals surface area contributed by atoms with E-state index in [1.807, 2.05) is 31.2 Å². The number of methoxy groups -OCH3 is 1. The summed E-state index contributed by atoms with van der Waals surface area (Å²) in [4.78, 5) is 0. The van der Waals surface area contributed by atoms with Crippen LogP contribution >= 0.6 is 11.8 Å². The maximum Gasteiger partial charge on any atom is 0.210 e. The SMILES string of the molecule is CCOCCSc1nnc(-c2ccccc2OC)n1N. The Morgan fingerprint density at radius 1 is 1.30 bits per heavy atom. The van der Waals surface area contributed by atoms with Gasteiger partial charge in [-0.05, 0) is 19.1 Å². The highest BCUT2D eigenvalue weighted by atomic mass is 32.2. The molecule has 2 N–H and O–H groups in total.